The van der Waals surface area contributed by atoms with Crippen LogP contribution in [0.2, 0.25) is 5.02 Å². The van der Waals surface area contributed by atoms with Crippen LogP contribution in [0.1, 0.15) is 187 Å². The predicted octanol–water partition coefficient (Wildman–Crippen LogP) is 11.5. The minimum Gasteiger partial charge on any atom is -0.481 e. The SMILES string of the molecule is Cc1ncsc1-c1ccc(CNC(=O)[C@@H]2C[C@@H](OC(=O)CCCCCCCCCCCCCCCCC(=O)O)CN2C(=O)[C@@H](NC(=O)COCCOCCOCCNC(=O)C[C@@H]2N=C(c3ccc(Cl)cc3)c3c(sc(C)c3C)-n3c(C)nnc32)C(C)(C)C)cc1. The molecule has 4 N–H and O–H groups in total. The zero-order valence-corrected chi connectivity index (χ0v) is 55.9. The molecule has 490 valence electrons. The van der Waals surface area contributed by atoms with Crippen LogP contribution in [-0.4, -0.2) is 142 Å². The van der Waals surface area contributed by atoms with E-state index in [2.05, 4.69) is 45.0 Å². The lowest BCUT2D eigenvalue weighted by Gasteiger charge is -2.35. The van der Waals surface area contributed by atoms with Gasteiger partial charge in [-0.15, -0.1) is 32.9 Å². The van der Waals surface area contributed by atoms with Gasteiger partial charge in [0.05, 0.1) is 67.8 Å². The van der Waals surface area contributed by atoms with Crippen LogP contribution >= 0.6 is 34.3 Å². The van der Waals surface area contributed by atoms with Crippen molar-refractivity contribution in [3.63, 3.8) is 0 Å². The van der Waals surface area contributed by atoms with Crippen LogP contribution in [0.4, 0.5) is 0 Å². The van der Waals surface area contributed by atoms with Crippen molar-refractivity contribution < 1.29 is 52.8 Å². The Hall–Kier alpha value is -6.43. The molecule has 0 unspecified atom stereocenters. The fourth-order valence-corrected chi connectivity index (χ4v) is 13.4. The van der Waals surface area contributed by atoms with Gasteiger partial charge < -0.3 is 44.9 Å². The number of nitrogens with one attached hydrogen (secondary N) is 3. The van der Waals surface area contributed by atoms with E-state index in [9.17, 15) is 28.8 Å². The van der Waals surface area contributed by atoms with E-state index in [0.29, 0.717) is 23.1 Å². The number of aryl methyl sites for hydroxylation is 3. The van der Waals surface area contributed by atoms with Gasteiger partial charge in [0.25, 0.3) is 0 Å². The van der Waals surface area contributed by atoms with Crippen LogP contribution in [-0.2, 0) is 54.3 Å². The number of thiophene rings is 1. The number of amides is 4. The molecule has 2 aromatic carbocycles. The summed E-state index contributed by atoms with van der Waals surface area (Å²) in [5.41, 5.74) is 7.63. The molecular formula is C67H92ClN9O11S2. The number of hydrogen-bond acceptors (Lipinski definition) is 16. The molecule has 1 fully saturated rings. The zero-order valence-electron chi connectivity index (χ0n) is 53.5. The van der Waals surface area contributed by atoms with Gasteiger partial charge in [-0.3, -0.25) is 38.3 Å². The summed E-state index contributed by atoms with van der Waals surface area (Å²) >= 11 is 9.47. The maximum absolute atomic E-state index is 14.7. The smallest absolute Gasteiger partial charge is 0.306 e. The van der Waals surface area contributed by atoms with Gasteiger partial charge in [-0.1, -0.05) is 146 Å². The second-order valence-electron chi connectivity index (χ2n) is 24.5. The first-order valence-corrected chi connectivity index (χ1v) is 34.0. The molecule has 3 aromatic heterocycles. The van der Waals surface area contributed by atoms with Gasteiger partial charge in [0.15, 0.2) is 5.82 Å². The van der Waals surface area contributed by atoms with Crippen LogP contribution < -0.4 is 16.0 Å². The van der Waals surface area contributed by atoms with Gasteiger partial charge in [0, 0.05) is 53.4 Å². The highest BCUT2D eigenvalue weighted by Gasteiger charge is 2.46. The molecule has 90 heavy (non-hydrogen) atoms. The summed E-state index contributed by atoms with van der Waals surface area (Å²) in [4.78, 5) is 92.7. The number of aliphatic carboxylic acids is 1. The molecule has 5 heterocycles. The van der Waals surface area contributed by atoms with Crippen molar-refractivity contribution in [1.29, 1.82) is 0 Å². The lowest BCUT2D eigenvalue weighted by atomic mass is 9.85. The number of fused-ring (bicyclic) bond motifs is 3. The second kappa shape index (κ2) is 36.0. The largest absolute Gasteiger partial charge is 0.481 e. The van der Waals surface area contributed by atoms with E-state index in [1.807, 2.05) is 93.2 Å². The van der Waals surface area contributed by atoms with E-state index in [1.54, 1.807) is 22.7 Å². The molecular weight excluding hydrogens is 1210 g/mol. The van der Waals surface area contributed by atoms with Crippen molar-refractivity contribution in [3.05, 3.63) is 104 Å². The molecule has 0 saturated carbocycles. The molecule has 7 rings (SSSR count). The van der Waals surface area contributed by atoms with Crippen LogP contribution in [0, 0.1) is 33.1 Å². The lowest BCUT2D eigenvalue weighted by molar-refractivity contribution is -0.150. The fourth-order valence-electron chi connectivity index (χ4n) is 11.2. The maximum atomic E-state index is 14.7. The Bertz CT molecular complexity index is 3180. The molecule has 0 aliphatic carbocycles. The number of unbranched alkanes of at least 4 members (excludes halogenated alkanes) is 13. The monoisotopic (exact) mass is 1300 g/mol. The highest BCUT2D eigenvalue weighted by atomic mass is 35.5. The predicted molar refractivity (Wildman–Crippen MR) is 350 cm³/mol. The van der Waals surface area contributed by atoms with Crippen molar-refractivity contribution in [2.75, 3.05) is 52.7 Å². The van der Waals surface area contributed by atoms with Gasteiger partial charge in [-0.05, 0) is 74.8 Å². The molecule has 23 heteroatoms. The molecule has 1 saturated heterocycles. The summed E-state index contributed by atoms with van der Waals surface area (Å²) in [6, 6.07) is 12.8. The molecule has 2 aliphatic rings. The summed E-state index contributed by atoms with van der Waals surface area (Å²) in [7, 11) is 0. The Morgan fingerprint density at radius 3 is 1.94 bits per heavy atom. The Balaban J connectivity index is 0.812. The number of halogens is 1. The van der Waals surface area contributed by atoms with E-state index in [4.69, 9.17) is 40.6 Å². The third kappa shape index (κ3) is 21.6. The van der Waals surface area contributed by atoms with Crippen LogP contribution in [0.5, 0.6) is 0 Å². The minimum absolute atomic E-state index is 0.00182. The number of nitrogens with zero attached hydrogens (tertiary/aromatic N) is 6. The van der Waals surface area contributed by atoms with Gasteiger partial charge in [-0.2, -0.15) is 0 Å². The van der Waals surface area contributed by atoms with Gasteiger partial charge in [0.1, 0.15) is 41.7 Å². The summed E-state index contributed by atoms with van der Waals surface area (Å²) in [6.45, 7) is 14.7. The van der Waals surface area contributed by atoms with Crippen molar-refractivity contribution in [2.45, 2.75) is 195 Å². The number of benzene rings is 2. The second-order valence-corrected chi connectivity index (χ2v) is 27.0. The average Bonchev–Trinajstić information content (AvgIpc) is 1.60. The van der Waals surface area contributed by atoms with E-state index in [-0.39, 0.29) is 103 Å². The van der Waals surface area contributed by atoms with Crippen molar-refractivity contribution in [3.8, 4) is 15.4 Å². The Labute approximate surface area is 543 Å². The van der Waals surface area contributed by atoms with E-state index in [0.717, 1.165) is 98.9 Å². The third-order valence-electron chi connectivity index (χ3n) is 16.3. The number of esters is 1. The normalized spacial score (nSPS) is 15.8. The molecule has 20 nitrogen and oxygen atoms in total. The number of carbonyl (C=O) groups excluding carboxylic acids is 5. The fraction of sp³-hybridized carbons (Fsp3) is 0.582. The number of carboxylic acids is 1. The third-order valence-corrected chi connectivity index (χ3v) is 18.7. The molecule has 4 amide bonds. The highest BCUT2D eigenvalue weighted by Crippen LogP contribution is 2.40. The Kier molecular flexibility index (Phi) is 28.4. The number of thiazole rings is 1. The topological polar surface area (TPSA) is 255 Å². The molecule has 0 radical (unpaired) electrons. The van der Waals surface area contributed by atoms with Crippen LogP contribution in [0.3, 0.4) is 0 Å². The van der Waals surface area contributed by atoms with Crippen molar-refractivity contribution in [2.24, 2.45) is 10.4 Å². The highest BCUT2D eigenvalue weighted by molar-refractivity contribution is 7.15. The van der Waals surface area contributed by atoms with E-state index in [1.165, 1.54) is 43.4 Å². The van der Waals surface area contributed by atoms with Gasteiger partial charge in [0.2, 0.25) is 23.6 Å². The first-order valence-electron chi connectivity index (χ1n) is 31.9. The standard InChI is InChI=1S/C67H92ClN9O11S2/c1-44-46(3)90-66-59(44)60(49-28-30-51(68)31-29-49)72-53(63-75-74-47(4)77(63)66)39-55(78)69-32-33-85-34-35-86-36-37-87-42-56(79)73-62(67(5,6)7)65(84)76-41-52(38-54(76)64(83)70-40-48-24-26-50(27-25-48)61-45(2)71-43-89-61)88-58(82)23-21-19-17-15-13-11-9-8-10-12-14-16-18-20-22-57(80)81/h24-31,43,52-54,62H,8-23,32-42H2,1-7H3,(H,69,78)(H,70,83)(H,73,79)(H,80,81)/t52-,53+,54+,62-/m1/s1. The van der Waals surface area contributed by atoms with Crippen LogP contribution in [0.25, 0.3) is 15.4 Å². The number of carbonyl (C=O) groups is 6. The van der Waals surface area contributed by atoms with Gasteiger partial charge in [-0.25, -0.2) is 4.98 Å². The summed E-state index contributed by atoms with van der Waals surface area (Å²) < 4.78 is 25.0. The minimum atomic E-state index is -1.04. The van der Waals surface area contributed by atoms with Crippen molar-refractivity contribution >= 4 is 75.6 Å². The maximum Gasteiger partial charge on any atom is 0.306 e. The quantitative estimate of drug-likeness (QED) is 0.0212. The number of ether oxygens (including phenoxy) is 4. The van der Waals surface area contributed by atoms with Crippen molar-refractivity contribution in [1.82, 2.24) is 40.6 Å². The molecule has 5 aromatic rings. The van der Waals surface area contributed by atoms with E-state index < -0.39 is 47.4 Å². The van der Waals surface area contributed by atoms with Gasteiger partial charge >= 0.3 is 11.9 Å². The first-order chi connectivity index (χ1) is 43.3. The zero-order chi connectivity index (χ0) is 64.6. The Morgan fingerprint density at radius 1 is 0.733 bits per heavy atom. The summed E-state index contributed by atoms with van der Waals surface area (Å²) in [6.07, 6.45) is 14.9. The molecule has 4 atom stereocenters. The number of hydrogen-bond donors (Lipinski definition) is 4. The lowest BCUT2D eigenvalue weighted by Crippen LogP contribution is -2.58. The number of rotatable bonds is 38. The molecule has 2 aliphatic heterocycles. The molecule has 0 bridgehead atoms. The summed E-state index contributed by atoms with van der Waals surface area (Å²) in [5.74, 6) is -1.36. The molecule has 0 spiro atoms. The summed E-state index contributed by atoms with van der Waals surface area (Å²) in [5, 5.41) is 28.1. The van der Waals surface area contributed by atoms with E-state index >= 15 is 0 Å². The number of likely N-dealkylation sites (tertiary alicyclic amines) is 1. The number of aromatic nitrogens is 4. The number of aliphatic imine (C=N–C) groups is 1. The Morgan fingerprint density at radius 2 is 1.33 bits per heavy atom. The average molecular weight is 1300 g/mol. The first kappa shape index (κ1) is 71.0. The number of carboxylic acid groups (broad SMARTS) is 1. The van der Waals surface area contributed by atoms with Crippen LogP contribution in [0.15, 0.2) is 59.0 Å².